The average Bonchev–Trinajstić information content (AvgIpc) is 2.16. The molecule has 0 aliphatic rings. The molecule has 0 fully saturated rings. The molecule has 0 unspecified atom stereocenters. The Morgan fingerprint density at radius 2 is 2.31 bits per heavy atom. The first kappa shape index (κ1) is 9.74. The van der Waals surface area contributed by atoms with Crippen LogP contribution in [-0.2, 0) is 4.74 Å². The van der Waals surface area contributed by atoms with Crippen LogP contribution in [0.4, 0.5) is 0 Å². The van der Waals surface area contributed by atoms with Crippen molar-refractivity contribution in [3.8, 4) is 5.75 Å². The van der Waals surface area contributed by atoms with Crippen LogP contribution in [0.25, 0.3) is 6.08 Å². The zero-order valence-corrected chi connectivity index (χ0v) is 7.91. The van der Waals surface area contributed by atoms with Gasteiger partial charge in [0.25, 0.3) is 0 Å². The number of nitrogens with zero attached hydrogens (tertiary/aromatic N) is 1. The van der Waals surface area contributed by atoms with Gasteiger partial charge in [0.1, 0.15) is 11.4 Å². The van der Waals surface area contributed by atoms with Crippen molar-refractivity contribution in [2.24, 2.45) is 0 Å². The molecule has 3 nitrogen and oxygen atoms in total. The minimum atomic E-state index is 0.228. The third-order valence-electron chi connectivity index (χ3n) is 1.55. The Morgan fingerprint density at radius 3 is 2.92 bits per heavy atom. The lowest BCUT2D eigenvalue weighted by atomic mass is 10.3. The van der Waals surface area contributed by atoms with Gasteiger partial charge in [-0.2, -0.15) is 0 Å². The quantitative estimate of drug-likeness (QED) is 0.662. The zero-order valence-electron chi connectivity index (χ0n) is 7.91. The van der Waals surface area contributed by atoms with Crippen LogP contribution in [0.15, 0.2) is 18.7 Å². The van der Waals surface area contributed by atoms with Gasteiger partial charge in [-0.25, -0.2) is 4.98 Å². The largest absolute Gasteiger partial charge is 0.465 e. The minimum absolute atomic E-state index is 0.228. The van der Waals surface area contributed by atoms with Crippen LogP contribution < -0.4 is 4.74 Å². The summed E-state index contributed by atoms with van der Waals surface area (Å²) in [6, 6.07) is 3.75. The molecule has 1 aromatic rings. The van der Waals surface area contributed by atoms with E-state index in [0.29, 0.717) is 5.75 Å². The second-order valence-electron chi connectivity index (χ2n) is 2.59. The lowest BCUT2D eigenvalue weighted by Crippen LogP contribution is -2.01. The number of hydrogen-bond donors (Lipinski definition) is 0. The Bertz CT molecular complexity index is 297. The third-order valence-corrected chi connectivity index (χ3v) is 1.55. The van der Waals surface area contributed by atoms with Gasteiger partial charge in [0.15, 0.2) is 6.79 Å². The highest BCUT2D eigenvalue weighted by Crippen LogP contribution is 2.17. The Kier molecular flexibility index (Phi) is 3.46. The van der Waals surface area contributed by atoms with E-state index in [1.165, 1.54) is 0 Å². The summed E-state index contributed by atoms with van der Waals surface area (Å²) in [4.78, 5) is 4.25. The highest BCUT2D eigenvalue weighted by molar-refractivity contribution is 5.51. The molecule has 0 N–H and O–H groups in total. The van der Waals surface area contributed by atoms with E-state index in [2.05, 4.69) is 11.6 Å². The molecule has 0 atom stereocenters. The highest BCUT2D eigenvalue weighted by atomic mass is 16.7. The van der Waals surface area contributed by atoms with E-state index in [1.807, 2.05) is 19.1 Å². The van der Waals surface area contributed by atoms with Gasteiger partial charge < -0.3 is 9.47 Å². The van der Waals surface area contributed by atoms with Gasteiger partial charge in [-0.3, -0.25) is 0 Å². The molecule has 1 heterocycles. The summed E-state index contributed by atoms with van der Waals surface area (Å²) in [6.45, 7) is 5.81. The number of rotatable bonds is 4. The van der Waals surface area contributed by atoms with E-state index in [1.54, 1.807) is 13.2 Å². The molecule has 0 aliphatic heterocycles. The predicted molar refractivity (Wildman–Crippen MR) is 51.6 cm³/mol. The molecule has 3 heteroatoms. The van der Waals surface area contributed by atoms with Crippen LogP contribution in [0.3, 0.4) is 0 Å². The van der Waals surface area contributed by atoms with Gasteiger partial charge in [-0.05, 0) is 25.1 Å². The van der Waals surface area contributed by atoms with Crippen molar-refractivity contribution in [3.05, 3.63) is 30.1 Å². The van der Waals surface area contributed by atoms with Gasteiger partial charge in [0.05, 0.1) is 0 Å². The SMILES string of the molecule is C=Cc1nc(C)ccc1OCOC. The second kappa shape index (κ2) is 4.62. The molecule has 0 saturated heterocycles. The van der Waals surface area contributed by atoms with Gasteiger partial charge in [0, 0.05) is 12.8 Å². The van der Waals surface area contributed by atoms with Gasteiger partial charge in [-0.15, -0.1) is 0 Å². The van der Waals surface area contributed by atoms with E-state index >= 15 is 0 Å². The molecule has 0 saturated carbocycles. The molecule has 13 heavy (non-hydrogen) atoms. The van der Waals surface area contributed by atoms with Crippen LogP contribution in [0.2, 0.25) is 0 Å². The maximum atomic E-state index is 5.28. The molecular weight excluding hydrogens is 166 g/mol. The van der Waals surface area contributed by atoms with E-state index in [-0.39, 0.29) is 6.79 Å². The standard InChI is InChI=1S/C10H13NO2/c1-4-9-10(13-7-12-3)6-5-8(2)11-9/h4-6H,1,7H2,2-3H3. The van der Waals surface area contributed by atoms with Crippen LogP contribution >= 0.6 is 0 Å². The van der Waals surface area contributed by atoms with E-state index in [4.69, 9.17) is 9.47 Å². The van der Waals surface area contributed by atoms with E-state index in [9.17, 15) is 0 Å². The molecule has 0 aliphatic carbocycles. The van der Waals surface area contributed by atoms with Gasteiger partial charge in [-0.1, -0.05) is 6.58 Å². The van der Waals surface area contributed by atoms with Crippen LogP contribution in [0, 0.1) is 6.92 Å². The Labute approximate surface area is 78.0 Å². The van der Waals surface area contributed by atoms with Crippen molar-refractivity contribution in [1.82, 2.24) is 4.98 Å². The number of ether oxygens (including phenoxy) is 2. The number of methoxy groups -OCH3 is 1. The molecule has 1 rings (SSSR count). The van der Waals surface area contributed by atoms with Gasteiger partial charge in [0.2, 0.25) is 0 Å². The lowest BCUT2D eigenvalue weighted by Gasteiger charge is -2.07. The normalized spacial score (nSPS) is 9.69. The fourth-order valence-electron chi connectivity index (χ4n) is 0.955. The van der Waals surface area contributed by atoms with Crippen LogP contribution in [-0.4, -0.2) is 18.9 Å². The first-order valence-electron chi connectivity index (χ1n) is 3.99. The van der Waals surface area contributed by atoms with Gasteiger partial charge >= 0.3 is 0 Å². The van der Waals surface area contributed by atoms with E-state index < -0.39 is 0 Å². The molecule has 0 bridgehead atoms. The predicted octanol–water partition coefficient (Wildman–Crippen LogP) is 2.02. The second-order valence-corrected chi connectivity index (χ2v) is 2.59. The maximum Gasteiger partial charge on any atom is 0.188 e. The molecule has 0 spiro atoms. The van der Waals surface area contributed by atoms with Crippen LogP contribution in [0.5, 0.6) is 5.75 Å². The lowest BCUT2D eigenvalue weighted by molar-refractivity contribution is 0.0507. The molecule has 0 aromatic carbocycles. The average molecular weight is 179 g/mol. The summed E-state index contributed by atoms with van der Waals surface area (Å²) < 4.78 is 10.1. The zero-order chi connectivity index (χ0) is 9.68. The van der Waals surface area contributed by atoms with Crippen molar-refractivity contribution >= 4 is 6.08 Å². The third kappa shape index (κ3) is 2.56. The number of aryl methyl sites for hydroxylation is 1. The summed E-state index contributed by atoms with van der Waals surface area (Å²) in [6.07, 6.45) is 1.66. The van der Waals surface area contributed by atoms with Crippen molar-refractivity contribution in [2.75, 3.05) is 13.9 Å². The van der Waals surface area contributed by atoms with Crippen LogP contribution in [0.1, 0.15) is 11.4 Å². The summed E-state index contributed by atoms with van der Waals surface area (Å²) in [5.74, 6) is 0.697. The number of hydrogen-bond acceptors (Lipinski definition) is 3. The number of pyridine rings is 1. The first-order valence-corrected chi connectivity index (χ1v) is 3.99. The molecular formula is C10H13NO2. The Balaban J connectivity index is 2.86. The minimum Gasteiger partial charge on any atom is -0.465 e. The smallest absolute Gasteiger partial charge is 0.188 e. The summed E-state index contributed by atoms with van der Waals surface area (Å²) in [5, 5.41) is 0. The van der Waals surface area contributed by atoms with Crippen molar-refractivity contribution < 1.29 is 9.47 Å². The highest BCUT2D eigenvalue weighted by Gasteiger charge is 2.01. The summed E-state index contributed by atoms with van der Waals surface area (Å²) in [5.41, 5.74) is 1.69. The van der Waals surface area contributed by atoms with Crippen molar-refractivity contribution in [3.63, 3.8) is 0 Å². The molecule has 0 amide bonds. The van der Waals surface area contributed by atoms with E-state index in [0.717, 1.165) is 11.4 Å². The first-order chi connectivity index (χ1) is 6.27. The van der Waals surface area contributed by atoms with Crippen molar-refractivity contribution in [1.29, 1.82) is 0 Å². The monoisotopic (exact) mass is 179 g/mol. The maximum absolute atomic E-state index is 5.28. The summed E-state index contributed by atoms with van der Waals surface area (Å²) >= 11 is 0. The summed E-state index contributed by atoms with van der Waals surface area (Å²) in [7, 11) is 1.58. The Hall–Kier alpha value is -1.35. The van der Waals surface area contributed by atoms with Crippen molar-refractivity contribution in [2.45, 2.75) is 6.92 Å². The number of aromatic nitrogens is 1. The fourth-order valence-corrected chi connectivity index (χ4v) is 0.955. The molecule has 1 aromatic heterocycles. The Morgan fingerprint density at radius 1 is 1.54 bits per heavy atom. The molecule has 70 valence electrons. The molecule has 0 radical (unpaired) electrons. The topological polar surface area (TPSA) is 31.4 Å². The fraction of sp³-hybridized carbons (Fsp3) is 0.300.